The van der Waals surface area contributed by atoms with Crippen LogP contribution in [0.5, 0.6) is 0 Å². The molecule has 2 rings (SSSR count). The first-order valence-corrected chi connectivity index (χ1v) is 7.64. The van der Waals surface area contributed by atoms with Crippen LogP contribution in [-0.2, 0) is 15.1 Å². The van der Waals surface area contributed by atoms with Crippen molar-refractivity contribution in [1.29, 1.82) is 0 Å². The summed E-state index contributed by atoms with van der Waals surface area (Å²) in [5, 5.41) is 2.98. The molecule has 0 saturated heterocycles. The number of rotatable bonds is 6. The molecule has 0 fully saturated rings. The molecule has 120 valence electrons. The summed E-state index contributed by atoms with van der Waals surface area (Å²) in [5.74, 6) is -0.562. The maximum absolute atomic E-state index is 12.5. The fourth-order valence-corrected chi connectivity index (χ4v) is 2.44. The molecule has 0 heterocycles. The molecular weight excluding hydrogens is 290 g/mol. The third-order valence-electron chi connectivity index (χ3n) is 3.64. The van der Waals surface area contributed by atoms with Gasteiger partial charge in [-0.25, -0.2) is 0 Å². The van der Waals surface area contributed by atoms with Crippen molar-refractivity contribution in [3.8, 4) is 0 Å². The van der Waals surface area contributed by atoms with E-state index in [1.54, 1.807) is 31.2 Å². The Morgan fingerprint density at radius 1 is 1.00 bits per heavy atom. The van der Waals surface area contributed by atoms with Crippen LogP contribution in [0.3, 0.4) is 0 Å². The minimum Gasteiger partial charge on any atom is -0.466 e. The summed E-state index contributed by atoms with van der Waals surface area (Å²) in [6.07, 6.45) is 0.0728. The zero-order chi connectivity index (χ0) is 16.7. The second kappa shape index (κ2) is 7.58. The molecule has 0 aliphatic carbocycles. The number of nitrogens with one attached hydrogen (secondary N) is 1. The summed E-state index contributed by atoms with van der Waals surface area (Å²) >= 11 is 0. The second-order valence-electron chi connectivity index (χ2n) is 5.50. The molecule has 0 radical (unpaired) electrons. The molecule has 0 aliphatic rings. The van der Waals surface area contributed by atoms with E-state index in [-0.39, 0.29) is 18.3 Å². The molecule has 0 spiro atoms. The third kappa shape index (κ3) is 4.42. The SMILES string of the molecule is CCOC(=O)CC(C)(NC(=O)c1ccccc1)c1ccccc1. The van der Waals surface area contributed by atoms with Crippen LogP contribution in [0.2, 0.25) is 0 Å². The summed E-state index contributed by atoms with van der Waals surface area (Å²) < 4.78 is 5.06. The van der Waals surface area contributed by atoms with Crippen molar-refractivity contribution >= 4 is 11.9 Å². The first kappa shape index (κ1) is 16.7. The average molecular weight is 311 g/mol. The van der Waals surface area contributed by atoms with Crippen LogP contribution in [0.4, 0.5) is 0 Å². The Morgan fingerprint density at radius 2 is 1.57 bits per heavy atom. The molecule has 0 aliphatic heterocycles. The Morgan fingerprint density at radius 3 is 2.13 bits per heavy atom. The lowest BCUT2D eigenvalue weighted by Crippen LogP contribution is -2.45. The van der Waals surface area contributed by atoms with Crippen molar-refractivity contribution < 1.29 is 14.3 Å². The van der Waals surface area contributed by atoms with Crippen LogP contribution in [0, 0.1) is 0 Å². The van der Waals surface area contributed by atoms with E-state index in [1.807, 2.05) is 43.3 Å². The number of benzene rings is 2. The largest absolute Gasteiger partial charge is 0.466 e. The van der Waals surface area contributed by atoms with E-state index in [1.165, 1.54) is 0 Å². The highest BCUT2D eigenvalue weighted by Crippen LogP contribution is 2.25. The number of hydrogen-bond donors (Lipinski definition) is 1. The summed E-state index contributed by atoms with van der Waals surface area (Å²) in [7, 11) is 0. The third-order valence-corrected chi connectivity index (χ3v) is 3.64. The first-order valence-electron chi connectivity index (χ1n) is 7.64. The highest BCUT2D eigenvalue weighted by atomic mass is 16.5. The maximum atomic E-state index is 12.5. The smallest absolute Gasteiger partial charge is 0.308 e. The van der Waals surface area contributed by atoms with Crippen molar-refractivity contribution in [3.63, 3.8) is 0 Å². The van der Waals surface area contributed by atoms with Gasteiger partial charge in [-0.3, -0.25) is 9.59 Å². The zero-order valence-electron chi connectivity index (χ0n) is 13.4. The molecule has 1 N–H and O–H groups in total. The van der Waals surface area contributed by atoms with Gasteiger partial charge in [-0.1, -0.05) is 48.5 Å². The van der Waals surface area contributed by atoms with Gasteiger partial charge in [-0.15, -0.1) is 0 Å². The summed E-state index contributed by atoms with van der Waals surface area (Å²) in [6, 6.07) is 18.4. The molecule has 0 bridgehead atoms. The van der Waals surface area contributed by atoms with Crippen LogP contribution in [0.25, 0.3) is 0 Å². The number of amides is 1. The van der Waals surface area contributed by atoms with Crippen molar-refractivity contribution in [2.45, 2.75) is 25.8 Å². The highest BCUT2D eigenvalue weighted by Gasteiger charge is 2.32. The molecule has 0 aromatic heterocycles. The van der Waals surface area contributed by atoms with Crippen LogP contribution in [0.15, 0.2) is 60.7 Å². The van der Waals surface area contributed by atoms with Gasteiger partial charge in [-0.2, -0.15) is 0 Å². The molecule has 1 amide bonds. The van der Waals surface area contributed by atoms with Gasteiger partial charge >= 0.3 is 5.97 Å². The monoisotopic (exact) mass is 311 g/mol. The standard InChI is InChI=1S/C19H21NO3/c1-3-23-17(21)14-19(2,16-12-8-5-9-13-16)20-18(22)15-10-6-4-7-11-15/h4-13H,3,14H2,1-2H3,(H,20,22). The van der Waals surface area contributed by atoms with E-state index in [0.717, 1.165) is 5.56 Å². The summed E-state index contributed by atoms with van der Waals surface area (Å²) in [5.41, 5.74) is 0.580. The fraction of sp³-hybridized carbons (Fsp3) is 0.263. The predicted octanol–water partition coefficient (Wildman–Crippen LogP) is 3.29. The normalized spacial score (nSPS) is 13.0. The summed E-state index contributed by atoms with van der Waals surface area (Å²) in [4.78, 5) is 24.5. The van der Waals surface area contributed by atoms with E-state index in [4.69, 9.17) is 4.74 Å². The van der Waals surface area contributed by atoms with Gasteiger partial charge in [0.25, 0.3) is 5.91 Å². The van der Waals surface area contributed by atoms with Crippen LogP contribution < -0.4 is 5.32 Å². The van der Waals surface area contributed by atoms with Crippen molar-refractivity contribution in [2.24, 2.45) is 0 Å². The van der Waals surface area contributed by atoms with E-state index in [9.17, 15) is 9.59 Å². The van der Waals surface area contributed by atoms with E-state index >= 15 is 0 Å². The molecule has 1 unspecified atom stereocenters. The minimum absolute atomic E-state index is 0.0728. The first-order chi connectivity index (χ1) is 11.0. The van der Waals surface area contributed by atoms with Gasteiger partial charge in [0.1, 0.15) is 0 Å². The molecule has 1 atom stereocenters. The van der Waals surface area contributed by atoms with E-state index in [0.29, 0.717) is 12.2 Å². The quantitative estimate of drug-likeness (QED) is 0.833. The molecule has 2 aromatic carbocycles. The number of carbonyl (C=O) groups excluding carboxylic acids is 2. The number of hydrogen-bond acceptors (Lipinski definition) is 3. The molecule has 0 saturated carbocycles. The number of esters is 1. The van der Waals surface area contributed by atoms with Crippen molar-refractivity contribution in [3.05, 3.63) is 71.8 Å². The van der Waals surface area contributed by atoms with Crippen LogP contribution in [0.1, 0.15) is 36.2 Å². The van der Waals surface area contributed by atoms with Crippen LogP contribution >= 0.6 is 0 Å². The molecular formula is C19H21NO3. The van der Waals surface area contributed by atoms with E-state index < -0.39 is 5.54 Å². The fourth-order valence-electron chi connectivity index (χ4n) is 2.44. The van der Waals surface area contributed by atoms with Gasteiger partial charge in [-0.05, 0) is 31.5 Å². The van der Waals surface area contributed by atoms with E-state index in [2.05, 4.69) is 5.32 Å². The second-order valence-corrected chi connectivity index (χ2v) is 5.50. The molecule has 23 heavy (non-hydrogen) atoms. The summed E-state index contributed by atoms with van der Waals surface area (Å²) in [6.45, 7) is 3.91. The lowest BCUT2D eigenvalue weighted by molar-refractivity contribution is -0.144. The van der Waals surface area contributed by atoms with Gasteiger partial charge < -0.3 is 10.1 Å². The molecule has 4 nitrogen and oxygen atoms in total. The molecule has 4 heteroatoms. The lowest BCUT2D eigenvalue weighted by Gasteiger charge is -2.30. The topological polar surface area (TPSA) is 55.4 Å². The Labute approximate surface area is 136 Å². The molecule has 2 aromatic rings. The Bertz CT molecular complexity index is 655. The van der Waals surface area contributed by atoms with Gasteiger partial charge in [0.05, 0.1) is 18.6 Å². The highest BCUT2D eigenvalue weighted by molar-refractivity contribution is 5.95. The van der Waals surface area contributed by atoms with Crippen LogP contribution in [-0.4, -0.2) is 18.5 Å². The number of ether oxygens (including phenoxy) is 1. The lowest BCUT2D eigenvalue weighted by atomic mass is 9.88. The Balaban J connectivity index is 2.26. The zero-order valence-corrected chi connectivity index (χ0v) is 13.4. The van der Waals surface area contributed by atoms with Gasteiger partial charge in [0, 0.05) is 5.56 Å². The van der Waals surface area contributed by atoms with Gasteiger partial charge in [0.15, 0.2) is 0 Å². The number of carbonyl (C=O) groups is 2. The Kier molecular flexibility index (Phi) is 5.52. The minimum atomic E-state index is -0.833. The predicted molar refractivity (Wildman–Crippen MR) is 89.0 cm³/mol. The average Bonchev–Trinajstić information content (AvgIpc) is 2.56. The Hall–Kier alpha value is -2.62. The van der Waals surface area contributed by atoms with Gasteiger partial charge in [0.2, 0.25) is 0 Å². The van der Waals surface area contributed by atoms with Crippen molar-refractivity contribution in [1.82, 2.24) is 5.32 Å². The maximum Gasteiger partial charge on any atom is 0.308 e. The van der Waals surface area contributed by atoms with Crippen molar-refractivity contribution in [2.75, 3.05) is 6.61 Å².